The van der Waals surface area contributed by atoms with Crippen LogP contribution in [0.2, 0.25) is 0 Å². The monoisotopic (exact) mass is 324 g/mol. The van der Waals surface area contributed by atoms with Crippen LogP contribution in [0.3, 0.4) is 0 Å². The fourth-order valence-electron chi connectivity index (χ4n) is 1.88. The van der Waals surface area contributed by atoms with E-state index in [9.17, 15) is 8.42 Å². The molecule has 1 aromatic carbocycles. The minimum atomic E-state index is -3.95. The van der Waals surface area contributed by atoms with Gasteiger partial charge in [0.2, 0.25) is 0 Å². The molecule has 0 bridgehead atoms. The van der Waals surface area contributed by atoms with Crippen LogP contribution in [0.1, 0.15) is 6.42 Å². The number of azo groups is 1. The molecular weight excluding hydrogens is 306 g/mol. The number of imidazole rings is 1. The van der Waals surface area contributed by atoms with Crippen LogP contribution >= 0.6 is 0 Å². The molecule has 0 atom stereocenters. The summed E-state index contributed by atoms with van der Waals surface area (Å²) >= 11 is 0. The van der Waals surface area contributed by atoms with Crippen LogP contribution in [-0.4, -0.2) is 23.3 Å². The Morgan fingerprint density at radius 1 is 1.27 bits per heavy atom. The number of nitrogens with zero attached hydrogens (tertiary/aromatic N) is 4. The number of benzene rings is 1. The highest BCUT2D eigenvalue weighted by Crippen LogP contribution is 2.17. The molecule has 0 saturated heterocycles. The maximum atomic E-state index is 10.7. The van der Waals surface area contributed by atoms with Crippen LogP contribution < -0.4 is 10.3 Å². The number of nitrogen functional groups attached to an aromatic ring is 1. The summed E-state index contributed by atoms with van der Waals surface area (Å²) in [6.07, 6.45) is 3.87. The number of hydrogen-bond acceptors (Lipinski definition) is 5. The lowest BCUT2D eigenvalue weighted by Gasteiger charge is -1.98. The standard InChI is InChI=1S/C13H17N5O3S/c1-17-8-9-18(7-2-10-22(19,20)21)13(17)16-15-12-5-3-11(14)4-6-12/h3-6,8-9,14H,2,7,10H2,1H3,(H,19,20,21)/p+1. The number of nitrogens with two attached hydrogens (primary N) is 1. The van der Waals surface area contributed by atoms with Gasteiger partial charge in [-0.05, 0) is 30.7 Å². The molecule has 118 valence electrons. The van der Waals surface area contributed by atoms with Crippen LogP contribution in [-0.2, 0) is 23.7 Å². The molecule has 9 heteroatoms. The summed E-state index contributed by atoms with van der Waals surface area (Å²) in [6, 6.07) is 6.98. The van der Waals surface area contributed by atoms with Crippen molar-refractivity contribution >= 4 is 27.4 Å². The van der Waals surface area contributed by atoms with Gasteiger partial charge in [0.1, 0.15) is 5.69 Å². The molecule has 0 radical (unpaired) electrons. The molecular formula is C13H18N5O3S+. The number of anilines is 1. The van der Waals surface area contributed by atoms with Crippen molar-refractivity contribution in [2.45, 2.75) is 13.0 Å². The Bertz CT molecular complexity index is 765. The van der Waals surface area contributed by atoms with Crippen LogP contribution in [0.4, 0.5) is 17.3 Å². The first-order valence-electron chi connectivity index (χ1n) is 6.62. The fourth-order valence-corrected chi connectivity index (χ4v) is 2.37. The van der Waals surface area contributed by atoms with Gasteiger partial charge in [-0.3, -0.25) is 4.55 Å². The summed E-state index contributed by atoms with van der Waals surface area (Å²) in [5.41, 5.74) is 6.92. The zero-order chi connectivity index (χ0) is 16.2. The van der Waals surface area contributed by atoms with Crippen molar-refractivity contribution in [3.63, 3.8) is 0 Å². The zero-order valence-electron chi connectivity index (χ0n) is 12.1. The number of hydrogen-bond donors (Lipinski definition) is 2. The van der Waals surface area contributed by atoms with Gasteiger partial charge >= 0.3 is 5.95 Å². The Hall–Kier alpha value is -2.26. The molecule has 8 nitrogen and oxygen atoms in total. The molecule has 2 rings (SSSR count). The third kappa shape index (κ3) is 4.64. The van der Waals surface area contributed by atoms with Gasteiger partial charge in [-0.25, -0.2) is 9.13 Å². The second-order valence-electron chi connectivity index (χ2n) is 4.83. The van der Waals surface area contributed by atoms with Crippen molar-refractivity contribution in [3.05, 3.63) is 36.7 Å². The lowest BCUT2D eigenvalue weighted by atomic mass is 10.3. The van der Waals surface area contributed by atoms with Crippen LogP contribution in [0.15, 0.2) is 46.9 Å². The van der Waals surface area contributed by atoms with E-state index >= 15 is 0 Å². The Morgan fingerprint density at radius 3 is 2.59 bits per heavy atom. The number of aryl methyl sites for hydroxylation is 2. The summed E-state index contributed by atoms with van der Waals surface area (Å²) in [6.45, 7) is 0.413. The third-order valence-corrected chi connectivity index (χ3v) is 3.80. The molecule has 3 N–H and O–H groups in total. The fraction of sp³-hybridized carbons (Fsp3) is 0.308. The minimum absolute atomic E-state index is 0.288. The first kappa shape index (κ1) is 16.1. The Balaban J connectivity index is 2.10. The van der Waals surface area contributed by atoms with E-state index in [0.717, 1.165) is 0 Å². The van der Waals surface area contributed by atoms with E-state index in [4.69, 9.17) is 10.3 Å². The first-order valence-corrected chi connectivity index (χ1v) is 8.23. The molecule has 0 aliphatic rings. The average molecular weight is 324 g/mol. The van der Waals surface area contributed by atoms with E-state index in [1.54, 1.807) is 45.8 Å². The van der Waals surface area contributed by atoms with Crippen molar-refractivity contribution in [2.75, 3.05) is 11.5 Å². The van der Waals surface area contributed by atoms with Crippen molar-refractivity contribution in [1.29, 1.82) is 0 Å². The van der Waals surface area contributed by atoms with Gasteiger partial charge in [0.15, 0.2) is 0 Å². The van der Waals surface area contributed by atoms with Gasteiger partial charge in [-0.15, -0.1) is 0 Å². The average Bonchev–Trinajstić information content (AvgIpc) is 2.78. The van der Waals surface area contributed by atoms with Crippen molar-refractivity contribution in [2.24, 2.45) is 17.3 Å². The summed E-state index contributed by atoms with van der Waals surface area (Å²) < 4.78 is 33.8. The Kier molecular flexibility index (Phi) is 4.88. The number of aromatic nitrogens is 2. The zero-order valence-corrected chi connectivity index (χ0v) is 12.9. The maximum absolute atomic E-state index is 10.7. The second-order valence-corrected chi connectivity index (χ2v) is 6.41. The highest BCUT2D eigenvalue weighted by molar-refractivity contribution is 7.85. The Morgan fingerprint density at radius 2 is 1.95 bits per heavy atom. The van der Waals surface area contributed by atoms with E-state index in [1.807, 2.05) is 7.05 Å². The molecule has 22 heavy (non-hydrogen) atoms. The lowest BCUT2D eigenvalue weighted by Crippen LogP contribution is -2.25. The second kappa shape index (κ2) is 6.67. The van der Waals surface area contributed by atoms with Crippen molar-refractivity contribution in [1.82, 2.24) is 4.57 Å². The predicted octanol–water partition coefficient (Wildman–Crippen LogP) is 1.59. The van der Waals surface area contributed by atoms with Gasteiger partial charge in [-0.2, -0.15) is 8.42 Å². The van der Waals surface area contributed by atoms with Crippen molar-refractivity contribution in [3.8, 4) is 0 Å². The Labute approximate surface area is 128 Å². The molecule has 0 saturated carbocycles. The maximum Gasteiger partial charge on any atom is 0.421 e. The largest absolute Gasteiger partial charge is 0.421 e. The van der Waals surface area contributed by atoms with Crippen molar-refractivity contribution < 1.29 is 17.5 Å². The van der Waals surface area contributed by atoms with Gasteiger partial charge < -0.3 is 5.73 Å². The lowest BCUT2D eigenvalue weighted by molar-refractivity contribution is -0.657. The molecule has 0 aliphatic carbocycles. The molecule has 0 fully saturated rings. The van der Waals surface area contributed by atoms with E-state index in [0.29, 0.717) is 23.9 Å². The molecule has 0 aliphatic heterocycles. The number of rotatable bonds is 6. The first-order chi connectivity index (χ1) is 10.3. The summed E-state index contributed by atoms with van der Waals surface area (Å²) in [7, 11) is -2.13. The molecule has 1 aromatic heterocycles. The van der Waals surface area contributed by atoms with Gasteiger partial charge in [0.25, 0.3) is 10.1 Å². The summed E-state index contributed by atoms with van der Waals surface area (Å²) in [4.78, 5) is 0. The minimum Gasteiger partial charge on any atom is -0.399 e. The van der Waals surface area contributed by atoms with Gasteiger partial charge in [-0.1, -0.05) is 5.11 Å². The summed E-state index contributed by atoms with van der Waals surface area (Å²) in [5.74, 6) is 0.288. The van der Waals surface area contributed by atoms with E-state index in [1.165, 1.54) is 0 Å². The molecule has 0 amide bonds. The quantitative estimate of drug-likeness (QED) is 0.363. The molecule has 0 unspecified atom stereocenters. The molecule has 0 spiro atoms. The molecule has 2 aromatic rings. The SMILES string of the molecule is C[n+]1ccn(CCCS(=O)(=O)O)c1N=Nc1ccc(N)cc1. The van der Waals surface area contributed by atoms with E-state index in [-0.39, 0.29) is 12.2 Å². The normalized spacial score (nSPS) is 12.1. The van der Waals surface area contributed by atoms with Gasteiger partial charge in [0, 0.05) is 10.8 Å². The molecule has 1 heterocycles. The highest BCUT2D eigenvalue weighted by atomic mass is 32.2. The smallest absolute Gasteiger partial charge is 0.399 e. The van der Waals surface area contributed by atoms with Crippen LogP contribution in [0.5, 0.6) is 0 Å². The predicted molar refractivity (Wildman–Crippen MR) is 81.7 cm³/mol. The van der Waals surface area contributed by atoms with Gasteiger partial charge in [0.05, 0.1) is 31.7 Å². The summed E-state index contributed by atoms with van der Waals surface area (Å²) in [5, 5.41) is 8.31. The third-order valence-electron chi connectivity index (χ3n) is 2.99. The van der Waals surface area contributed by atoms with Crippen LogP contribution in [0.25, 0.3) is 0 Å². The van der Waals surface area contributed by atoms with E-state index < -0.39 is 10.1 Å². The highest BCUT2D eigenvalue weighted by Gasteiger charge is 2.15. The van der Waals surface area contributed by atoms with E-state index in [2.05, 4.69) is 10.2 Å². The topological polar surface area (TPSA) is 114 Å². The van der Waals surface area contributed by atoms with Crippen LogP contribution in [0, 0.1) is 0 Å².